The summed E-state index contributed by atoms with van der Waals surface area (Å²) in [5.41, 5.74) is 3.79. The first kappa shape index (κ1) is 12.4. The summed E-state index contributed by atoms with van der Waals surface area (Å²) < 4.78 is 6.85. The molecule has 0 unspecified atom stereocenters. The molecular weight excluding hydrogens is 228 g/mol. The Hall–Kier alpha value is -2.10. The molecule has 0 aliphatic carbocycles. The average molecular weight is 244 g/mol. The standard InChI is InChI=1S/C14H16N2O2/c1-10-4-5-11(2)12(6-10)9-18-14(17)13-7-15-16(3)8-13/h4-8H,9H2,1-3H3. The largest absolute Gasteiger partial charge is 0.457 e. The lowest BCUT2D eigenvalue weighted by Gasteiger charge is -2.07. The Labute approximate surface area is 106 Å². The Morgan fingerprint density at radius 2 is 2.17 bits per heavy atom. The summed E-state index contributed by atoms with van der Waals surface area (Å²) in [4.78, 5) is 11.8. The number of nitrogens with zero attached hydrogens (tertiary/aromatic N) is 2. The van der Waals surface area contributed by atoms with Crippen LogP contribution in [0, 0.1) is 13.8 Å². The van der Waals surface area contributed by atoms with Gasteiger partial charge in [0.15, 0.2) is 0 Å². The van der Waals surface area contributed by atoms with E-state index >= 15 is 0 Å². The maximum Gasteiger partial charge on any atom is 0.341 e. The summed E-state index contributed by atoms with van der Waals surface area (Å²) in [6.07, 6.45) is 3.15. The fraction of sp³-hybridized carbons (Fsp3) is 0.286. The van der Waals surface area contributed by atoms with E-state index in [0.29, 0.717) is 12.2 Å². The van der Waals surface area contributed by atoms with E-state index in [4.69, 9.17) is 4.74 Å². The lowest BCUT2D eigenvalue weighted by Crippen LogP contribution is -2.05. The van der Waals surface area contributed by atoms with E-state index in [1.807, 2.05) is 32.0 Å². The fourth-order valence-corrected chi connectivity index (χ4v) is 1.71. The van der Waals surface area contributed by atoms with Gasteiger partial charge in [-0.2, -0.15) is 5.10 Å². The minimum atomic E-state index is -0.344. The van der Waals surface area contributed by atoms with Crippen LogP contribution < -0.4 is 0 Å². The van der Waals surface area contributed by atoms with Crippen LogP contribution in [0.25, 0.3) is 0 Å². The molecule has 0 fully saturated rings. The van der Waals surface area contributed by atoms with E-state index in [9.17, 15) is 4.79 Å². The first-order valence-corrected chi connectivity index (χ1v) is 5.78. The maximum absolute atomic E-state index is 11.8. The third-order valence-electron chi connectivity index (χ3n) is 2.80. The van der Waals surface area contributed by atoms with Gasteiger partial charge in [-0.1, -0.05) is 23.8 Å². The van der Waals surface area contributed by atoms with Gasteiger partial charge >= 0.3 is 5.97 Å². The van der Waals surface area contributed by atoms with E-state index in [1.165, 1.54) is 6.20 Å². The summed E-state index contributed by atoms with van der Waals surface area (Å²) in [6.45, 7) is 4.32. The summed E-state index contributed by atoms with van der Waals surface area (Å²) in [5.74, 6) is -0.344. The molecule has 4 nitrogen and oxygen atoms in total. The minimum absolute atomic E-state index is 0.293. The van der Waals surface area contributed by atoms with E-state index in [-0.39, 0.29) is 5.97 Å². The molecule has 0 atom stereocenters. The van der Waals surface area contributed by atoms with Crippen molar-refractivity contribution >= 4 is 5.97 Å². The van der Waals surface area contributed by atoms with E-state index in [0.717, 1.165) is 16.7 Å². The molecule has 2 rings (SSSR count). The zero-order valence-corrected chi connectivity index (χ0v) is 10.8. The van der Waals surface area contributed by atoms with E-state index in [1.54, 1.807) is 17.9 Å². The van der Waals surface area contributed by atoms with Crippen molar-refractivity contribution < 1.29 is 9.53 Å². The topological polar surface area (TPSA) is 44.1 Å². The Bertz CT molecular complexity index is 573. The molecular formula is C14H16N2O2. The number of esters is 1. The number of aryl methyl sites for hydroxylation is 3. The molecule has 0 aliphatic heterocycles. The van der Waals surface area contributed by atoms with Gasteiger partial charge in [0.25, 0.3) is 0 Å². The van der Waals surface area contributed by atoms with Crippen LogP contribution in [-0.4, -0.2) is 15.7 Å². The van der Waals surface area contributed by atoms with Gasteiger partial charge in [0.05, 0.1) is 11.8 Å². The second-order valence-corrected chi connectivity index (χ2v) is 4.41. The molecule has 0 amide bonds. The molecule has 94 valence electrons. The van der Waals surface area contributed by atoms with Crippen LogP contribution in [0.4, 0.5) is 0 Å². The number of carbonyl (C=O) groups excluding carboxylic acids is 1. The number of ether oxygens (including phenoxy) is 1. The highest BCUT2D eigenvalue weighted by molar-refractivity contribution is 5.88. The summed E-state index contributed by atoms with van der Waals surface area (Å²) in [7, 11) is 1.77. The van der Waals surface area contributed by atoms with Gasteiger partial charge in [0.1, 0.15) is 6.61 Å². The predicted molar refractivity (Wildman–Crippen MR) is 68.2 cm³/mol. The second kappa shape index (κ2) is 5.04. The second-order valence-electron chi connectivity index (χ2n) is 4.41. The molecule has 18 heavy (non-hydrogen) atoms. The molecule has 0 aliphatic rings. The molecule has 0 saturated carbocycles. The van der Waals surface area contributed by atoms with Gasteiger partial charge in [-0.05, 0) is 25.0 Å². The van der Waals surface area contributed by atoms with Crippen molar-refractivity contribution in [3.05, 3.63) is 52.8 Å². The molecule has 0 radical (unpaired) electrons. The Morgan fingerprint density at radius 3 is 2.83 bits per heavy atom. The number of hydrogen-bond acceptors (Lipinski definition) is 3. The Kier molecular flexibility index (Phi) is 3.46. The maximum atomic E-state index is 11.8. The van der Waals surface area contributed by atoms with Crippen LogP contribution >= 0.6 is 0 Å². The Balaban J connectivity index is 2.03. The molecule has 0 bridgehead atoms. The van der Waals surface area contributed by atoms with Crippen molar-refractivity contribution in [2.24, 2.45) is 7.05 Å². The summed E-state index contributed by atoms with van der Waals surface area (Å²) in [6, 6.07) is 6.11. The number of benzene rings is 1. The highest BCUT2D eigenvalue weighted by Crippen LogP contribution is 2.12. The number of carbonyl (C=O) groups is 1. The molecule has 1 aromatic heterocycles. The third kappa shape index (κ3) is 2.77. The van der Waals surface area contributed by atoms with Crippen LogP contribution in [0.1, 0.15) is 27.0 Å². The van der Waals surface area contributed by atoms with Crippen molar-refractivity contribution in [2.45, 2.75) is 20.5 Å². The van der Waals surface area contributed by atoms with Crippen molar-refractivity contribution in [1.82, 2.24) is 9.78 Å². The van der Waals surface area contributed by atoms with Gasteiger partial charge < -0.3 is 4.74 Å². The number of aromatic nitrogens is 2. The van der Waals surface area contributed by atoms with Gasteiger partial charge in [-0.15, -0.1) is 0 Å². The molecule has 1 aromatic carbocycles. The summed E-state index contributed by atoms with van der Waals surface area (Å²) in [5, 5.41) is 3.94. The Morgan fingerprint density at radius 1 is 1.39 bits per heavy atom. The minimum Gasteiger partial charge on any atom is -0.457 e. The van der Waals surface area contributed by atoms with Gasteiger partial charge in [-0.3, -0.25) is 4.68 Å². The zero-order valence-electron chi connectivity index (χ0n) is 10.8. The SMILES string of the molecule is Cc1ccc(C)c(COC(=O)c2cnn(C)c2)c1. The number of hydrogen-bond donors (Lipinski definition) is 0. The molecule has 0 N–H and O–H groups in total. The number of rotatable bonds is 3. The highest BCUT2D eigenvalue weighted by Gasteiger charge is 2.10. The van der Waals surface area contributed by atoms with Gasteiger partial charge in [0.2, 0.25) is 0 Å². The smallest absolute Gasteiger partial charge is 0.341 e. The lowest BCUT2D eigenvalue weighted by molar-refractivity contribution is 0.0472. The highest BCUT2D eigenvalue weighted by atomic mass is 16.5. The van der Waals surface area contributed by atoms with Crippen LogP contribution in [0.2, 0.25) is 0 Å². The van der Waals surface area contributed by atoms with Crippen molar-refractivity contribution in [1.29, 1.82) is 0 Å². The zero-order chi connectivity index (χ0) is 13.1. The average Bonchev–Trinajstić information content (AvgIpc) is 2.77. The predicted octanol–water partition coefficient (Wildman–Crippen LogP) is 2.39. The van der Waals surface area contributed by atoms with Crippen LogP contribution in [0.15, 0.2) is 30.6 Å². The van der Waals surface area contributed by atoms with Crippen molar-refractivity contribution in [3.63, 3.8) is 0 Å². The molecule has 2 aromatic rings. The first-order valence-electron chi connectivity index (χ1n) is 5.78. The third-order valence-corrected chi connectivity index (χ3v) is 2.80. The van der Waals surface area contributed by atoms with E-state index in [2.05, 4.69) is 5.10 Å². The van der Waals surface area contributed by atoms with Crippen LogP contribution in [0.5, 0.6) is 0 Å². The van der Waals surface area contributed by atoms with Crippen LogP contribution in [0.3, 0.4) is 0 Å². The van der Waals surface area contributed by atoms with E-state index < -0.39 is 0 Å². The molecule has 0 spiro atoms. The molecule has 4 heteroatoms. The van der Waals surface area contributed by atoms with Gasteiger partial charge in [-0.25, -0.2) is 4.79 Å². The lowest BCUT2D eigenvalue weighted by atomic mass is 10.1. The fourth-order valence-electron chi connectivity index (χ4n) is 1.71. The normalized spacial score (nSPS) is 10.4. The quantitative estimate of drug-likeness (QED) is 0.779. The van der Waals surface area contributed by atoms with Gasteiger partial charge in [0, 0.05) is 13.2 Å². The van der Waals surface area contributed by atoms with Crippen molar-refractivity contribution in [2.75, 3.05) is 0 Å². The summed E-state index contributed by atoms with van der Waals surface area (Å²) >= 11 is 0. The molecule has 1 heterocycles. The first-order chi connectivity index (χ1) is 8.56. The monoisotopic (exact) mass is 244 g/mol. The van der Waals surface area contributed by atoms with Crippen molar-refractivity contribution in [3.8, 4) is 0 Å². The van der Waals surface area contributed by atoms with Crippen LogP contribution in [-0.2, 0) is 18.4 Å². The molecule has 0 saturated heterocycles.